The Morgan fingerprint density at radius 3 is 2.25 bits per heavy atom. The van der Waals surface area contributed by atoms with Crippen LogP contribution in [-0.2, 0) is 9.53 Å². The van der Waals surface area contributed by atoms with Gasteiger partial charge in [-0.05, 0) is 49.9 Å². The lowest BCUT2D eigenvalue weighted by molar-refractivity contribution is -0.137. The van der Waals surface area contributed by atoms with Crippen molar-refractivity contribution >= 4 is 17.1 Å². The van der Waals surface area contributed by atoms with Gasteiger partial charge in [0.2, 0.25) is 11.6 Å². The van der Waals surface area contributed by atoms with Crippen LogP contribution in [0.15, 0.2) is 58.3 Å². The molecule has 0 saturated carbocycles. The predicted molar refractivity (Wildman–Crippen MR) is 143 cm³/mol. The van der Waals surface area contributed by atoms with E-state index >= 15 is 0 Å². The molecule has 0 aliphatic carbocycles. The van der Waals surface area contributed by atoms with Crippen LogP contribution in [0.5, 0.6) is 5.88 Å². The van der Waals surface area contributed by atoms with Gasteiger partial charge in [-0.15, -0.1) is 0 Å². The molecule has 0 saturated heterocycles. The Hall–Kier alpha value is -3.41. The van der Waals surface area contributed by atoms with Gasteiger partial charge in [0, 0.05) is 17.5 Å². The Balaban J connectivity index is 1.35. The van der Waals surface area contributed by atoms with Crippen molar-refractivity contribution in [1.29, 1.82) is 0 Å². The lowest BCUT2D eigenvalue weighted by Gasteiger charge is -2.08. The number of carbonyl (C=O) groups excluding carboxylic acids is 1. The summed E-state index contributed by atoms with van der Waals surface area (Å²) >= 11 is 0. The van der Waals surface area contributed by atoms with Crippen LogP contribution in [0.4, 0.5) is 0 Å². The van der Waals surface area contributed by atoms with Gasteiger partial charge < -0.3 is 13.9 Å². The van der Waals surface area contributed by atoms with Gasteiger partial charge in [0.15, 0.2) is 0 Å². The highest BCUT2D eigenvalue weighted by atomic mass is 16.5. The number of hydrogen-bond acceptors (Lipinski definition) is 6. The van der Waals surface area contributed by atoms with Gasteiger partial charge >= 0.3 is 11.6 Å². The van der Waals surface area contributed by atoms with E-state index in [0.29, 0.717) is 30.4 Å². The molecule has 6 heteroatoms. The van der Waals surface area contributed by atoms with Crippen LogP contribution in [-0.4, -0.2) is 24.2 Å². The van der Waals surface area contributed by atoms with Crippen LogP contribution >= 0.6 is 0 Å². The summed E-state index contributed by atoms with van der Waals surface area (Å²) < 4.78 is 16.3. The molecule has 36 heavy (non-hydrogen) atoms. The minimum absolute atomic E-state index is 0.297. The number of hydrogen-bond donors (Lipinski definition) is 0. The van der Waals surface area contributed by atoms with Crippen molar-refractivity contribution in [3.05, 3.63) is 70.6 Å². The van der Waals surface area contributed by atoms with Gasteiger partial charge in [0.05, 0.1) is 18.8 Å². The molecule has 0 spiro atoms. The summed E-state index contributed by atoms with van der Waals surface area (Å²) in [4.78, 5) is 28.0. The average molecular weight is 492 g/mol. The molecule has 0 aliphatic heterocycles. The highest BCUT2D eigenvalue weighted by molar-refractivity contribution is 5.81. The fraction of sp³-hybridized carbons (Fsp3) is 0.433. The highest BCUT2D eigenvalue weighted by Gasteiger charge is 2.12. The largest absolute Gasteiger partial charge is 0.478 e. The topological polar surface area (TPSA) is 78.6 Å². The Bertz CT molecular complexity index is 1210. The van der Waals surface area contributed by atoms with E-state index in [1.165, 1.54) is 38.2 Å². The summed E-state index contributed by atoms with van der Waals surface area (Å²) in [6.07, 6.45) is 11.3. The molecule has 0 unspecified atom stereocenters. The van der Waals surface area contributed by atoms with Crippen LogP contribution in [0.1, 0.15) is 68.9 Å². The van der Waals surface area contributed by atoms with Crippen molar-refractivity contribution in [3.63, 3.8) is 0 Å². The molecule has 0 bridgehead atoms. The number of ether oxygens (including phenoxy) is 2. The number of unbranched alkanes of at least 4 members (excludes halogenated alkanes) is 8. The maximum atomic E-state index is 12.6. The van der Waals surface area contributed by atoms with Gasteiger partial charge in [-0.25, -0.2) is 9.59 Å². The number of pyridine rings is 1. The monoisotopic (exact) mass is 491 g/mol. The summed E-state index contributed by atoms with van der Waals surface area (Å²) in [6, 6.07) is 11.6. The van der Waals surface area contributed by atoms with Crippen LogP contribution in [0.2, 0.25) is 0 Å². The number of carbonyl (C=O) groups is 1. The molecule has 6 nitrogen and oxygen atoms in total. The number of nitrogens with zero attached hydrogens (tertiary/aromatic N) is 1. The second-order valence-electron chi connectivity index (χ2n) is 9.21. The smallest absolute Gasteiger partial charge is 0.345 e. The minimum Gasteiger partial charge on any atom is -0.478 e. The number of esters is 1. The number of benzene rings is 1. The van der Waals surface area contributed by atoms with Crippen LogP contribution < -0.4 is 10.4 Å². The van der Waals surface area contributed by atoms with Crippen molar-refractivity contribution in [2.75, 3.05) is 13.2 Å². The van der Waals surface area contributed by atoms with E-state index in [0.717, 1.165) is 47.8 Å². The molecule has 1 aromatic carbocycles. The molecule has 2 heterocycles. The molecule has 3 rings (SSSR count). The molecule has 0 amide bonds. The van der Waals surface area contributed by atoms with E-state index in [-0.39, 0.29) is 5.97 Å². The van der Waals surface area contributed by atoms with E-state index < -0.39 is 5.63 Å². The molecular weight excluding hydrogens is 454 g/mol. The molecule has 192 valence electrons. The minimum atomic E-state index is -0.392. The van der Waals surface area contributed by atoms with E-state index in [1.54, 1.807) is 0 Å². The zero-order chi connectivity index (χ0) is 25.8. The lowest BCUT2D eigenvalue weighted by Crippen LogP contribution is -2.05. The second-order valence-corrected chi connectivity index (χ2v) is 9.21. The van der Waals surface area contributed by atoms with Crippen LogP contribution in [0.3, 0.4) is 0 Å². The van der Waals surface area contributed by atoms with E-state index in [9.17, 15) is 9.59 Å². The molecule has 2 aromatic heterocycles. The number of fused-ring (bicyclic) bond motifs is 1. The van der Waals surface area contributed by atoms with Crippen molar-refractivity contribution in [2.24, 2.45) is 0 Å². The fourth-order valence-electron chi connectivity index (χ4n) is 4.13. The summed E-state index contributed by atoms with van der Waals surface area (Å²) in [5.74, 6) is 0.133. The SMILES string of the molecule is C=CC(=O)OCCCCCCCCCCCOc1ccc2cc(-c3cc(C)ccc3C)c(=O)oc2n1. The third kappa shape index (κ3) is 8.36. The standard InChI is InChI=1S/C30H37NO5/c1-4-28(32)35-19-13-11-9-7-5-6-8-10-12-18-34-27-17-16-24-21-26(30(33)36-29(24)31-27)25-20-22(2)14-15-23(25)3/h4,14-17,20-21H,1,5-13,18-19H2,2-3H3. The quantitative estimate of drug-likeness (QED) is 0.128. The third-order valence-electron chi connectivity index (χ3n) is 6.21. The molecular formula is C30H37NO5. The van der Waals surface area contributed by atoms with Crippen LogP contribution in [0, 0.1) is 13.8 Å². The van der Waals surface area contributed by atoms with Gasteiger partial charge in [0.1, 0.15) is 0 Å². The van der Waals surface area contributed by atoms with Gasteiger partial charge in [-0.1, -0.05) is 75.3 Å². The van der Waals surface area contributed by atoms with Gasteiger partial charge in [-0.3, -0.25) is 0 Å². The van der Waals surface area contributed by atoms with Crippen LogP contribution in [0.25, 0.3) is 22.2 Å². The molecule has 0 N–H and O–H groups in total. The van der Waals surface area contributed by atoms with Crippen molar-refractivity contribution in [2.45, 2.75) is 71.6 Å². The number of aryl methyl sites for hydroxylation is 2. The zero-order valence-electron chi connectivity index (χ0n) is 21.5. The Kier molecular flexibility index (Phi) is 10.7. The van der Waals surface area contributed by atoms with E-state index in [2.05, 4.69) is 11.6 Å². The highest BCUT2D eigenvalue weighted by Crippen LogP contribution is 2.25. The predicted octanol–water partition coefficient (Wildman–Crippen LogP) is 7.09. The maximum absolute atomic E-state index is 12.6. The number of rotatable bonds is 15. The Morgan fingerprint density at radius 2 is 1.56 bits per heavy atom. The summed E-state index contributed by atoms with van der Waals surface area (Å²) in [6.45, 7) is 8.45. The first-order valence-electron chi connectivity index (χ1n) is 12.9. The first-order valence-corrected chi connectivity index (χ1v) is 12.9. The molecule has 0 atom stereocenters. The Labute approximate surface area is 213 Å². The van der Waals surface area contributed by atoms with Crippen molar-refractivity contribution < 1.29 is 18.7 Å². The molecule has 3 aromatic rings. The maximum Gasteiger partial charge on any atom is 0.345 e. The lowest BCUT2D eigenvalue weighted by atomic mass is 9.99. The summed E-state index contributed by atoms with van der Waals surface area (Å²) in [5, 5.41) is 0.774. The third-order valence-corrected chi connectivity index (χ3v) is 6.21. The first kappa shape index (κ1) is 27.2. The van der Waals surface area contributed by atoms with E-state index in [4.69, 9.17) is 13.9 Å². The van der Waals surface area contributed by atoms with Gasteiger partial charge in [-0.2, -0.15) is 4.98 Å². The average Bonchev–Trinajstić information content (AvgIpc) is 2.87. The zero-order valence-corrected chi connectivity index (χ0v) is 21.5. The van der Waals surface area contributed by atoms with E-state index in [1.807, 2.05) is 50.2 Å². The Morgan fingerprint density at radius 1 is 0.889 bits per heavy atom. The molecule has 0 fully saturated rings. The second kappa shape index (κ2) is 14.2. The first-order chi connectivity index (χ1) is 17.5. The van der Waals surface area contributed by atoms with Crippen molar-refractivity contribution in [1.82, 2.24) is 4.98 Å². The summed E-state index contributed by atoms with van der Waals surface area (Å²) in [5.41, 5.74) is 3.47. The molecule has 0 aliphatic rings. The fourth-order valence-corrected chi connectivity index (χ4v) is 4.13. The normalized spacial score (nSPS) is 10.9. The number of aromatic nitrogens is 1. The molecule has 0 radical (unpaired) electrons. The van der Waals surface area contributed by atoms with Gasteiger partial charge in [0.25, 0.3) is 0 Å². The van der Waals surface area contributed by atoms with Crippen molar-refractivity contribution in [3.8, 4) is 17.0 Å². The summed E-state index contributed by atoms with van der Waals surface area (Å²) in [7, 11) is 0.